The van der Waals surface area contributed by atoms with E-state index >= 15 is 0 Å². The molecular formula is C59H102O5. The average molecular weight is 891 g/mol. The highest BCUT2D eigenvalue weighted by atomic mass is 16.6. The highest BCUT2D eigenvalue weighted by Crippen LogP contribution is 2.15. The largest absolute Gasteiger partial charge is 0.463 e. The first-order valence-electron chi connectivity index (χ1n) is 27.1. The lowest BCUT2D eigenvalue weighted by Crippen LogP contribution is -2.29. The monoisotopic (exact) mass is 891 g/mol. The van der Waals surface area contributed by atoms with Crippen molar-refractivity contribution in [2.45, 2.75) is 258 Å². The van der Waals surface area contributed by atoms with Crippen molar-refractivity contribution in [3.63, 3.8) is 0 Å². The molecule has 0 aliphatic rings. The zero-order chi connectivity index (χ0) is 46.3. The van der Waals surface area contributed by atoms with E-state index in [2.05, 4.69) is 106 Å². The van der Waals surface area contributed by atoms with Gasteiger partial charge in [0.15, 0.2) is 0 Å². The second kappa shape index (κ2) is 54.4. The van der Waals surface area contributed by atoms with Gasteiger partial charge in [-0.25, -0.2) is 0 Å². The van der Waals surface area contributed by atoms with E-state index in [1.54, 1.807) is 0 Å². The van der Waals surface area contributed by atoms with E-state index in [-0.39, 0.29) is 25.2 Å². The van der Waals surface area contributed by atoms with E-state index in [1.165, 1.54) is 128 Å². The van der Waals surface area contributed by atoms with Crippen LogP contribution in [-0.2, 0) is 23.8 Å². The van der Waals surface area contributed by atoms with Crippen molar-refractivity contribution < 1.29 is 23.8 Å². The van der Waals surface area contributed by atoms with Gasteiger partial charge in [0, 0.05) is 19.4 Å². The Morgan fingerprint density at radius 2 is 0.656 bits per heavy atom. The molecule has 0 aromatic rings. The number of carbonyl (C=O) groups is 2. The van der Waals surface area contributed by atoms with Crippen molar-refractivity contribution >= 4 is 11.9 Å². The third-order valence-electron chi connectivity index (χ3n) is 11.5. The van der Waals surface area contributed by atoms with Crippen LogP contribution in [0.2, 0.25) is 0 Å². The lowest BCUT2D eigenvalue weighted by Gasteiger charge is -2.18. The summed E-state index contributed by atoms with van der Waals surface area (Å²) in [4.78, 5) is 25.2. The van der Waals surface area contributed by atoms with Gasteiger partial charge in [0.2, 0.25) is 0 Å². The second-order valence-electron chi connectivity index (χ2n) is 17.7. The number of allylic oxidation sites excluding steroid dienone is 14. The SMILES string of the molecule is CC/C=C\C/C=C\C/C=C\CCCCCCCC(=O)OC[C@H](COC(=O)CCC/C=C\C/C=C\C/C=C\C/C=C\CCCCC)OCCCCCCCCCCCCCCCCCC. The van der Waals surface area contributed by atoms with E-state index < -0.39 is 6.10 Å². The summed E-state index contributed by atoms with van der Waals surface area (Å²) in [5.74, 6) is -0.413. The zero-order valence-electron chi connectivity index (χ0n) is 42.3. The van der Waals surface area contributed by atoms with Gasteiger partial charge in [-0.05, 0) is 89.9 Å². The summed E-state index contributed by atoms with van der Waals surface area (Å²) in [5.41, 5.74) is 0. The Hall–Kier alpha value is -2.92. The van der Waals surface area contributed by atoms with Crippen LogP contribution in [0, 0.1) is 0 Å². The smallest absolute Gasteiger partial charge is 0.305 e. The lowest BCUT2D eigenvalue weighted by atomic mass is 10.0. The molecule has 0 aromatic heterocycles. The molecule has 0 unspecified atom stereocenters. The molecule has 0 spiro atoms. The number of esters is 2. The van der Waals surface area contributed by atoms with Gasteiger partial charge in [0.1, 0.15) is 19.3 Å². The maximum Gasteiger partial charge on any atom is 0.305 e. The molecule has 1 atom stereocenters. The van der Waals surface area contributed by atoms with Crippen LogP contribution in [0.5, 0.6) is 0 Å². The van der Waals surface area contributed by atoms with Gasteiger partial charge in [-0.2, -0.15) is 0 Å². The van der Waals surface area contributed by atoms with Crippen molar-refractivity contribution in [3.05, 3.63) is 85.1 Å². The average Bonchev–Trinajstić information content (AvgIpc) is 3.30. The minimum absolute atomic E-state index is 0.121. The molecule has 0 saturated carbocycles. The summed E-state index contributed by atoms with van der Waals surface area (Å²) in [7, 11) is 0. The van der Waals surface area contributed by atoms with Crippen LogP contribution in [0.4, 0.5) is 0 Å². The Kier molecular flexibility index (Phi) is 51.9. The molecule has 0 aliphatic heterocycles. The fourth-order valence-corrected chi connectivity index (χ4v) is 7.37. The van der Waals surface area contributed by atoms with Crippen molar-refractivity contribution in [3.8, 4) is 0 Å². The Balaban J connectivity index is 4.37. The van der Waals surface area contributed by atoms with Crippen LogP contribution in [0.3, 0.4) is 0 Å². The van der Waals surface area contributed by atoms with Crippen molar-refractivity contribution in [1.29, 1.82) is 0 Å². The first kappa shape index (κ1) is 61.1. The van der Waals surface area contributed by atoms with Gasteiger partial charge in [-0.15, -0.1) is 0 Å². The van der Waals surface area contributed by atoms with Gasteiger partial charge in [0.05, 0.1) is 0 Å². The van der Waals surface area contributed by atoms with Crippen LogP contribution >= 0.6 is 0 Å². The molecule has 64 heavy (non-hydrogen) atoms. The van der Waals surface area contributed by atoms with E-state index in [9.17, 15) is 9.59 Å². The summed E-state index contributed by atoms with van der Waals surface area (Å²) < 4.78 is 17.4. The van der Waals surface area contributed by atoms with Crippen LogP contribution in [0.1, 0.15) is 252 Å². The molecule has 0 aliphatic carbocycles. The Morgan fingerprint density at radius 1 is 0.344 bits per heavy atom. The van der Waals surface area contributed by atoms with Gasteiger partial charge >= 0.3 is 11.9 Å². The third-order valence-corrected chi connectivity index (χ3v) is 11.5. The van der Waals surface area contributed by atoms with Crippen molar-refractivity contribution in [2.24, 2.45) is 0 Å². The number of carbonyl (C=O) groups excluding carboxylic acids is 2. The minimum atomic E-state index is -0.431. The summed E-state index contributed by atoms with van der Waals surface area (Å²) >= 11 is 0. The third kappa shape index (κ3) is 51.7. The molecule has 0 aromatic carbocycles. The highest BCUT2D eigenvalue weighted by Gasteiger charge is 2.16. The van der Waals surface area contributed by atoms with Crippen LogP contribution in [-0.4, -0.2) is 37.9 Å². The number of hydrogen-bond donors (Lipinski definition) is 0. The molecule has 0 fully saturated rings. The molecule has 0 saturated heterocycles. The quantitative estimate of drug-likeness (QED) is 0.0346. The first-order valence-corrected chi connectivity index (χ1v) is 27.1. The second-order valence-corrected chi connectivity index (χ2v) is 17.7. The number of hydrogen-bond acceptors (Lipinski definition) is 5. The Labute approximate surface area is 397 Å². The van der Waals surface area contributed by atoms with Gasteiger partial charge in [-0.1, -0.05) is 234 Å². The maximum atomic E-state index is 12.6. The molecule has 0 bridgehead atoms. The normalized spacial score (nSPS) is 12.9. The van der Waals surface area contributed by atoms with E-state index in [0.717, 1.165) is 89.9 Å². The fourth-order valence-electron chi connectivity index (χ4n) is 7.37. The molecular weight excluding hydrogens is 789 g/mol. The van der Waals surface area contributed by atoms with Gasteiger partial charge < -0.3 is 14.2 Å². The standard InChI is InChI=1S/C59H102O5/c1-4-7-10-13-16-19-22-25-28-30-32-35-38-41-44-47-50-53-59(61)64-56-57(62-54-51-48-45-42-39-36-33-29-26-23-20-17-14-11-8-5-2)55-63-58(60)52-49-46-43-40-37-34-31-27-24-21-18-15-12-9-6-3/h9,12,16,18-19,21,25,27-28,31-32,35,41,44,57H,4-8,10-11,13-15,17,20,22-24,26,29-30,33-34,36-40,42-43,45-56H2,1-3H3/b12-9-,19-16-,21-18-,28-25-,31-27-,35-32-,44-41-/t57-/m1/s1. The fraction of sp³-hybridized carbons (Fsp3) is 0.729. The molecule has 0 radical (unpaired) electrons. The van der Waals surface area contributed by atoms with E-state index in [1.807, 2.05) is 0 Å². The Morgan fingerprint density at radius 3 is 1.09 bits per heavy atom. The summed E-state index contributed by atoms with van der Waals surface area (Å²) in [6.45, 7) is 7.53. The van der Waals surface area contributed by atoms with Crippen LogP contribution in [0.15, 0.2) is 85.1 Å². The molecule has 0 amide bonds. The first-order chi connectivity index (χ1) is 31.6. The molecule has 368 valence electrons. The predicted molar refractivity (Wildman–Crippen MR) is 279 cm³/mol. The predicted octanol–water partition coefficient (Wildman–Crippen LogP) is 18.5. The highest BCUT2D eigenvalue weighted by molar-refractivity contribution is 5.69. The molecule has 0 rings (SSSR count). The molecule has 0 heterocycles. The van der Waals surface area contributed by atoms with Crippen molar-refractivity contribution in [1.82, 2.24) is 0 Å². The molecule has 5 heteroatoms. The minimum Gasteiger partial charge on any atom is -0.463 e. The van der Waals surface area contributed by atoms with Gasteiger partial charge in [-0.3, -0.25) is 9.59 Å². The number of unbranched alkanes of at least 4 members (excludes halogenated alkanes) is 24. The summed E-state index contributed by atoms with van der Waals surface area (Å²) in [6.07, 6.45) is 71.9. The number of rotatable bonds is 49. The van der Waals surface area contributed by atoms with Crippen molar-refractivity contribution in [2.75, 3.05) is 19.8 Å². The zero-order valence-corrected chi connectivity index (χ0v) is 42.3. The summed E-state index contributed by atoms with van der Waals surface area (Å²) in [6, 6.07) is 0. The van der Waals surface area contributed by atoms with Gasteiger partial charge in [0.25, 0.3) is 0 Å². The molecule has 5 nitrogen and oxygen atoms in total. The Bertz CT molecular complexity index is 1190. The van der Waals surface area contributed by atoms with E-state index in [4.69, 9.17) is 14.2 Å². The molecule has 0 N–H and O–H groups in total. The van der Waals surface area contributed by atoms with Crippen LogP contribution in [0.25, 0.3) is 0 Å². The number of ether oxygens (including phenoxy) is 3. The maximum absolute atomic E-state index is 12.6. The topological polar surface area (TPSA) is 61.8 Å². The lowest BCUT2D eigenvalue weighted by molar-refractivity contribution is -0.155. The summed E-state index contributed by atoms with van der Waals surface area (Å²) in [5, 5.41) is 0. The van der Waals surface area contributed by atoms with Crippen LogP contribution < -0.4 is 0 Å². The van der Waals surface area contributed by atoms with E-state index in [0.29, 0.717) is 19.4 Å².